The van der Waals surface area contributed by atoms with Crippen LogP contribution < -0.4 is 15.6 Å². The second kappa shape index (κ2) is 9.88. The van der Waals surface area contributed by atoms with Crippen molar-refractivity contribution in [2.45, 2.75) is 54.0 Å². The van der Waals surface area contributed by atoms with Gasteiger partial charge >= 0.3 is 0 Å². The number of fused-ring (bicyclic) bond motifs is 3. The highest BCUT2D eigenvalue weighted by Gasteiger charge is 2.39. The minimum absolute atomic E-state index is 0.0153. The van der Waals surface area contributed by atoms with E-state index in [1.807, 2.05) is 55.5 Å². The monoisotopic (exact) mass is 493 g/mol. The van der Waals surface area contributed by atoms with Gasteiger partial charge in [-0.25, -0.2) is 4.98 Å². The molecule has 34 heavy (non-hydrogen) atoms. The second-order valence-corrected chi connectivity index (χ2v) is 10.9. The number of hydrogen-bond donors (Lipinski definition) is 1. The minimum Gasteiger partial charge on any atom is -0.497 e. The lowest BCUT2D eigenvalue weighted by Crippen LogP contribution is -2.29. The number of thioether (sulfide) groups is 2. The maximum absolute atomic E-state index is 13.8. The van der Waals surface area contributed by atoms with E-state index < -0.39 is 0 Å². The second-order valence-electron chi connectivity index (χ2n) is 8.70. The number of nitrogens with zero attached hydrogens (tertiary/aromatic N) is 2. The summed E-state index contributed by atoms with van der Waals surface area (Å²) in [5.41, 5.74) is 3.45. The minimum atomic E-state index is -0.133. The molecule has 0 unspecified atom stereocenters. The summed E-state index contributed by atoms with van der Waals surface area (Å²) in [6, 6.07) is 15.1. The number of hydrogen-bond acceptors (Lipinski definition) is 6. The molecular formula is C26H27N3O3S2. The number of rotatable bonds is 6. The van der Waals surface area contributed by atoms with E-state index in [2.05, 4.69) is 5.32 Å². The van der Waals surface area contributed by atoms with Crippen molar-refractivity contribution in [3.8, 4) is 11.4 Å². The maximum atomic E-state index is 13.8. The number of aromatic nitrogens is 2. The zero-order chi connectivity index (χ0) is 23.7. The first kappa shape index (κ1) is 23.1. The molecule has 0 spiro atoms. The van der Waals surface area contributed by atoms with Crippen molar-refractivity contribution in [3.63, 3.8) is 0 Å². The highest BCUT2D eigenvalue weighted by Crippen LogP contribution is 2.50. The predicted molar refractivity (Wildman–Crippen MR) is 138 cm³/mol. The van der Waals surface area contributed by atoms with E-state index in [1.54, 1.807) is 23.4 Å². The van der Waals surface area contributed by atoms with Crippen molar-refractivity contribution in [1.29, 1.82) is 0 Å². The molecular weight excluding hydrogens is 466 g/mol. The fraction of sp³-hybridized carbons (Fsp3) is 0.346. The van der Waals surface area contributed by atoms with Crippen molar-refractivity contribution in [3.05, 3.63) is 70.0 Å². The topological polar surface area (TPSA) is 73.2 Å². The van der Waals surface area contributed by atoms with Gasteiger partial charge in [-0.05, 0) is 56.2 Å². The Labute approximate surface area is 207 Å². The van der Waals surface area contributed by atoms with Crippen LogP contribution in [-0.2, 0) is 4.79 Å². The van der Waals surface area contributed by atoms with E-state index >= 15 is 0 Å². The van der Waals surface area contributed by atoms with Crippen LogP contribution in [0.5, 0.6) is 5.75 Å². The maximum Gasteiger partial charge on any atom is 0.263 e. The summed E-state index contributed by atoms with van der Waals surface area (Å²) < 4.78 is 6.95. The summed E-state index contributed by atoms with van der Waals surface area (Å²) >= 11 is 3.03. The SMILES string of the molecule is COc1ccc(-n2c(SCC(=O)Nc3ccc(C)cc3)nc3c(c2=O)[C@@H]2CCCC[C@H]2S3)cc1. The van der Waals surface area contributed by atoms with Crippen molar-refractivity contribution >= 4 is 35.1 Å². The van der Waals surface area contributed by atoms with Gasteiger partial charge in [0.05, 0.1) is 24.1 Å². The Bertz CT molecular complexity index is 1260. The molecule has 6 nitrogen and oxygen atoms in total. The lowest BCUT2D eigenvalue weighted by molar-refractivity contribution is -0.113. The number of benzene rings is 2. The molecule has 2 atom stereocenters. The number of ether oxygens (including phenoxy) is 1. The van der Waals surface area contributed by atoms with Gasteiger partial charge in [0.2, 0.25) is 5.91 Å². The molecule has 1 fully saturated rings. The third kappa shape index (κ3) is 4.61. The Kier molecular flexibility index (Phi) is 6.70. The Morgan fingerprint density at radius 2 is 1.88 bits per heavy atom. The van der Waals surface area contributed by atoms with E-state index in [1.165, 1.54) is 18.2 Å². The lowest BCUT2D eigenvalue weighted by Gasteiger charge is -2.24. The van der Waals surface area contributed by atoms with Crippen LogP contribution in [0.3, 0.4) is 0 Å². The normalized spacial score (nSPS) is 18.8. The van der Waals surface area contributed by atoms with Crippen LogP contribution in [0.15, 0.2) is 63.5 Å². The number of methoxy groups -OCH3 is 1. The average Bonchev–Trinajstić information content (AvgIpc) is 3.23. The number of aryl methyl sites for hydroxylation is 1. The van der Waals surface area contributed by atoms with Gasteiger partial charge in [0, 0.05) is 16.9 Å². The molecule has 176 valence electrons. The summed E-state index contributed by atoms with van der Waals surface area (Å²) in [5, 5.41) is 4.74. The standard InChI is InChI=1S/C26H27N3O3S2/c1-16-7-9-17(10-8-16)27-22(30)15-33-26-28-24-23(20-5-3-4-6-21(20)34-24)25(31)29(26)18-11-13-19(32-2)14-12-18/h7-14,20-21H,3-6,15H2,1-2H3,(H,27,30)/t20-,21-/m1/s1. The molecule has 1 aliphatic heterocycles. The molecule has 0 radical (unpaired) electrons. The molecule has 2 aromatic carbocycles. The summed E-state index contributed by atoms with van der Waals surface area (Å²) in [7, 11) is 1.62. The molecule has 1 amide bonds. The number of carbonyl (C=O) groups excluding carboxylic acids is 1. The van der Waals surface area contributed by atoms with E-state index in [4.69, 9.17) is 9.72 Å². The zero-order valence-electron chi connectivity index (χ0n) is 19.2. The van der Waals surface area contributed by atoms with Gasteiger partial charge in [0.15, 0.2) is 5.16 Å². The summed E-state index contributed by atoms with van der Waals surface area (Å²) in [4.78, 5) is 31.4. The highest BCUT2D eigenvalue weighted by molar-refractivity contribution is 8.00. The Morgan fingerprint density at radius 1 is 1.15 bits per heavy atom. The number of carbonyl (C=O) groups is 1. The molecule has 1 aliphatic carbocycles. The molecule has 3 aromatic rings. The largest absolute Gasteiger partial charge is 0.497 e. The van der Waals surface area contributed by atoms with Crippen molar-refractivity contribution in [2.24, 2.45) is 0 Å². The van der Waals surface area contributed by atoms with Gasteiger partial charge in [-0.15, -0.1) is 11.8 Å². The molecule has 1 aromatic heterocycles. The molecule has 8 heteroatoms. The Balaban J connectivity index is 1.46. The van der Waals surface area contributed by atoms with Crippen molar-refractivity contribution in [2.75, 3.05) is 18.2 Å². The van der Waals surface area contributed by atoms with Gasteiger partial charge < -0.3 is 10.1 Å². The van der Waals surface area contributed by atoms with Gasteiger partial charge in [0.1, 0.15) is 10.8 Å². The molecule has 2 aliphatic rings. The van der Waals surface area contributed by atoms with Crippen LogP contribution in [0.1, 0.15) is 42.7 Å². The van der Waals surface area contributed by atoms with Crippen LogP contribution in [0.4, 0.5) is 5.69 Å². The van der Waals surface area contributed by atoms with Crippen LogP contribution in [-0.4, -0.2) is 33.6 Å². The van der Waals surface area contributed by atoms with E-state index in [0.717, 1.165) is 52.5 Å². The molecule has 5 rings (SSSR count). The zero-order valence-corrected chi connectivity index (χ0v) is 20.9. The number of anilines is 1. The van der Waals surface area contributed by atoms with Crippen LogP contribution in [0.25, 0.3) is 5.69 Å². The van der Waals surface area contributed by atoms with Crippen molar-refractivity contribution in [1.82, 2.24) is 9.55 Å². The van der Waals surface area contributed by atoms with E-state index in [0.29, 0.717) is 10.4 Å². The van der Waals surface area contributed by atoms with Gasteiger partial charge in [-0.1, -0.05) is 42.3 Å². The first-order valence-corrected chi connectivity index (χ1v) is 13.4. The Morgan fingerprint density at radius 3 is 2.62 bits per heavy atom. The smallest absolute Gasteiger partial charge is 0.263 e. The molecule has 0 bridgehead atoms. The number of amides is 1. The van der Waals surface area contributed by atoms with Crippen LogP contribution in [0, 0.1) is 6.92 Å². The fourth-order valence-electron chi connectivity index (χ4n) is 4.63. The fourth-order valence-corrected chi connectivity index (χ4v) is 7.01. The average molecular weight is 494 g/mol. The summed E-state index contributed by atoms with van der Waals surface area (Å²) in [5.74, 6) is 1.01. The quantitative estimate of drug-likeness (QED) is 0.281. The Hall–Kier alpha value is -2.71. The first-order valence-electron chi connectivity index (χ1n) is 11.5. The summed E-state index contributed by atoms with van der Waals surface area (Å²) in [6.07, 6.45) is 4.51. The lowest BCUT2D eigenvalue weighted by atomic mass is 9.85. The van der Waals surface area contributed by atoms with Crippen LogP contribution >= 0.6 is 23.5 Å². The van der Waals surface area contributed by atoms with Crippen molar-refractivity contribution < 1.29 is 9.53 Å². The summed E-state index contributed by atoms with van der Waals surface area (Å²) in [6.45, 7) is 2.01. The van der Waals surface area contributed by atoms with E-state index in [9.17, 15) is 9.59 Å². The molecule has 1 N–H and O–H groups in total. The predicted octanol–water partition coefficient (Wildman–Crippen LogP) is 5.41. The number of nitrogens with one attached hydrogen (secondary N) is 1. The van der Waals surface area contributed by atoms with Gasteiger partial charge in [-0.3, -0.25) is 14.2 Å². The third-order valence-electron chi connectivity index (χ3n) is 6.39. The highest BCUT2D eigenvalue weighted by atomic mass is 32.2. The van der Waals surface area contributed by atoms with E-state index in [-0.39, 0.29) is 23.1 Å². The van der Waals surface area contributed by atoms with Gasteiger partial charge in [-0.2, -0.15) is 0 Å². The third-order valence-corrected chi connectivity index (χ3v) is 8.73. The van der Waals surface area contributed by atoms with Crippen LogP contribution in [0.2, 0.25) is 0 Å². The molecule has 0 saturated heterocycles. The molecule has 2 heterocycles. The molecule has 1 saturated carbocycles. The first-order chi connectivity index (χ1) is 16.5. The van der Waals surface area contributed by atoms with Gasteiger partial charge in [0.25, 0.3) is 5.56 Å².